The number of unbranched alkanes of at least 4 members (excludes halogenated alkanes) is 9. The highest BCUT2D eigenvalue weighted by Gasteiger charge is 2.36. The first kappa shape index (κ1) is 18.5. The van der Waals surface area contributed by atoms with Crippen molar-refractivity contribution in [2.45, 2.75) is 109 Å². The molecule has 0 unspecified atom stereocenters. The van der Waals surface area contributed by atoms with E-state index in [1.165, 1.54) is 70.6 Å². The van der Waals surface area contributed by atoms with E-state index in [9.17, 15) is 4.79 Å². The van der Waals surface area contributed by atoms with E-state index >= 15 is 0 Å². The van der Waals surface area contributed by atoms with Gasteiger partial charge in [0, 0.05) is 6.42 Å². The highest BCUT2D eigenvalue weighted by atomic mass is 16.6. The molecule has 0 aromatic rings. The summed E-state index contributed by atoms with van der Waals surface area (Å²) in [6, 6.07) is 0. The topological polar surface area (TPSA) is 49.8 Å². The zero-order valence-electron chi connectivity index (χ0n) is 13.8. The number of carboxylic acids is 1. The summed E-state index contributed by atoms with van der Waals surface area (Å²) in [6.45, 7) is 2.26. The second-order valence-electron chi connectivity index (χ2n) is 6.47. The lowest BCUT2D eigenvalue weighted by Gasteiger charge is -2.00. The van der Waals surface area contributed by atoms with Crippen LogP contribution in [0.1, 0.15) is 96.8 Å². The van der Waals surface area contributed by atoms with Gasteiger partial charge in [-0.3, -0.25) is 4.79 Å². The van der Waals surface area contributed by atoms with Gasteiger partial charge < -0.3 is 9.84 Å². The van der Waals surface area contributed by atoms with Crippen molar-refractivity contribution in [3.05, 3.63) is 0 Å². The summed E-state index contributed by atoms with van der Waals surface area (Å²) in [5.41, 5.74) is 0. The Hall–Kier alpha value is -0.570. The minimum Gasteiger partial charge on any atom is -0.481 e. The monoisotopic (exact) mass is 298 g/mol. The number of aliphatic carboxylic acids is 1. The third-order valence-electron chi connectivity index (χ3n) is 4.41. The van der Waals surface area contributed by atoms with E-state index < -0.39 is 5.97 Å². The second kappa shape index (κ2) is 12.0. The van der Waals surface area contributed by atoms with Crippen molar-refractivity contribution in [2.75, 3.05) is 0 Å². The molecule has 3 heteroatoms. The Kier molecular flexibility index (Phi) is 10.6. The van der Waals surface area contributed by atoms with Gasteiger partial charge in [-0.25, -0.2) is 0 Å². The predicted octanol–water partition coefficient (Wildman–Crippen LogP) is 5.32. The summed E-state index contributed by atoms with van der Waals surface area (Å²) in [5, 5.41) is 8.54. The lowest BCUT2D eigenvalue weighted by Crippen LogP contribution is -1.95. The molecule has 1 fully saturated rings. The molecule has 0 bridgehead atoms. The fraction of sp³-hybridized carbons (Fsp3) is 0.944. The molecular weight excluding hydrogens is 264 g/mol. The van der Waals surface area contributed by atoms with Crippen LogP contribution < -0.4 is 0 Å². The fourth-order valence-electron chi connectivity index (χ4n) is 2.96. The number of ether oxygens (including phenoxy) is 1. The molecule has 1 heterocycles. The molecular formula is C18H34O3. The Morgan fingerprint density at radius 2 is 1.29 bits per heavy atom. The zero-order chi connectivity index (χ0) is 15.3. The highest BCUT2D eigenvalue weighted by molar-refractivity contribution is 5.66. The first-order valence-electron chi connectivity index (χ1n) is 9.11. The van der Waals surface area contributed by atoms with E-state index in [4.69, 9.17) is 9.84 Å². The van der Waals surface area contributed by atoms with E-state index in [2.05, 4.69) is 6.92 Å². The predicted molar refractivity (Wildman–Crippen MR) is 86.6 cm³/mol. The molecule has 0 saturated carbocycles. The molecule has 0 aromatic heterocycles. The fourth-order valence-corrected chi connectivity index (χ4v) is 2.96. The lowest BCUT2D eigenvalue weighted by atomic mass is 10.0. The van der Waals surface area contributed by atoms with Gasteiger partial charge in [0.15, 0.2) is 0 Å². The smallest absolute Gasteiger partial charge is 0.303 e. The van der Waals surface area contributed by atoms with Gasteiger partial charge in [0.2, 0.25) is 0 Å². The molecule has 0 radical (unpaired) electrons. The summed E-state index contributed by atoms with van der Waals surface area (Å²) in [4.78, 5) is 10.4. The Balaban J connectivity index is 1.76. The van der Waals surface area contributed by atoms with Crippen LogP contribution in [0.4, 0.5) is 0 Å². The standard InChI is InChI=1S/C18H34O3/c1-2-3-4-7-10-13-16-17(21-16)14-11-8-5-6-9-12-15-18(19)20/h16-17H,2-15H2,1H3,(H,19,20)/t16-,17+/m1/s1. The van der Waals surface area contributed by atoms with Crippen molar-refractivity contribution < 1.29 is 14.6 Å². The number of carbonyl (C=O) groups is 1. The minimum atomic E-state index is -0.665. The van der Waals surface area contributed by atoms with Crippen LogP contribution >= 0.6 is 0 Å². The van der Waals surface area contributed by atoms with Crippen LogP contribution in [0.5, 0.6) is 0 Å². The lowest BCUT2D eigenvalue weighted by molar-refractivity contribution is -0.137. The van der Waals surface area contributed by atoms with Gasteiger partial charge in [-0.2, -0.15) is 0 Å². The number of epoxide rings is 1. The molecule has 0 aliphatic carbocycles. The summed E-state index contributed by atoms with van der Waals surface area (Å²) in [5.74, 6) is -0.665. The van der Waals surface area contributed by atoms with E-state index in [0.29, 0.717) is 18.6 Å². The molecule has 1 aliphatic rings. The quantitative estimate of drug-likeness (QED) is 0.329. The van der Waals surface area contributed by atoms with Crippen LogP contribution in [0.3, 0.4) is 0 Å². The molecule has 0 aromatic carbocycles. The molecule has 0 spiro atoms. The summed E-state index contributed by atoms with van der Waals surface area (Å²) in [7, 11) is 0. The number of carboxylic acid groups (broad SMARTS) is 1. The van der Waals surface area contributed by atoms with E-state index in [1.807, 2.05) is 0 Å². The van der Waals surface area contributed by atoms with Gasteiger partial charge in [0.05, 0.1) is 12.2 Å². The second-order valence-corrected chi connectivity index (χ2v) is 6.47. The maximum Gasteiger partial charge on any atom is 0.303 e. The van der Waals surface area contributed by atoms with Gasteiger partial charge in [0.1, 0.15) is 0 Å². The highest BCUT2D eigenvalue weighted by Crippen LogP contribution is 2.31. The van der Waals surface area contributed by atoms with E-state index in [-0.39, 0.29) is 0 Å². The number of hydrogen-bond donors (Lipinski definition) is 1. The third kappa shape index (κ3) is 10.8. The maximum absolute atomic E-state index is 10.4. The summed E-state index contributed by atoms with van der Waals surface area (Å²) in [6.07, 6.45) is 17.6. The van der Waals surface area contributed by atoms with Gasteiger partial charge in [-0.1, -0.05) is 71.1 Å². The first-order valence-corrected chi connectivity index (χ1v) is 9.11. The summed E-state index contributed by atoms with van der Waals surface area (Å²) >= 11 is 0. The van der Waals surface area contributed by atoms with E-state index in [1.54, 1.807) is 0 Å². The number of rotatable bonds is 15. The Morgan fingerprint density at radius 1 is 0.810 bits per heavy atom. The van der Waals surface area contributed by atoms with Crippen molar-refractivity contribution in [3.63, 3.8) is 0 Å². The normalized spacial score (nSPS) is 20.6. The van der Waals surface area contributed by atoms with Crippen LogP contribution in [0, 0.1) is 0 Å². The van der Waals surface area contributed by atoms with Crippen LogP contribution in [-0.2, 0) is 9.53 Å². The molecule has 3 nitrogen and oxygen atoms in total. The average molecular weight is 298 g/mol. The molecule has 1 rings (SSSR count). The maximum atomic E-state index is 10.4. The van der Waals surface area contributed by atoms with Crippen molar-refractivity contribution in [2.24, 2.45) is 0 Å². The minimum absolute atomic E-state index is 0.329. The average Bonchev–Trinajstić information content (AvgIpc) is 3.20. The van der Waals surface area contributed by atoms with Crippen LogP contribution in [0.15, 0.2) is 0 Å². The van der Waals surface area contributed by atoms with Gasteiger partial charge in [-0.15, -0.1) is 0 Å². The van der Waals surface area contributed by atoms with Crippen molar-refractivity contribution in [3.8, 4) is 0 Å². The van der Waals surface area contributed by atoms with Gasteiger partial charge >= 0.3 is 5.97 Å². The van der Waals surface area contributed by atoms with Crippen LogP contribution in [-0.4, -0.2) is 23.3 Å². The van der Waals surface area contributed by atoms with Crippen molar-refractivity contribution in [1.29, 1.82) is 0 Å². The molecule has 1 N–H and O–H groups in total. The molecule has 0 amide bonds. The van der Waals surface area contributed by atoms with Gasteiger partial charge in [-0.05, 0) is 19.3 Å². The number of hydrogen-bond acceptors (Lipinski definition) is 2. The third-order valence-corrected chi connectivity index (χ3v) is 4.41. The van der Waals surface area contributed by atoms with Crippen LogP contribution in [0.25, 0.3) is 0 Å². The SMILES string of the molecule is CCCCCCC[C@H]1O[C@H]1CCCCCCCCC(=O)O. The van der Waals surface area contributed by atoms with Gasteiger partial charge in [0.25, 0.3) is 0 Å². The Bertz CT molecular complexity index is 265. The largest absolute Gasteiger partial charge is 0.481 e. The van der Waals surface area contributed by atoms with Crippen molar-refractivity contribution in [1.82, 2.24) is 0 Å². The molecule has 1 saturated heterocycles. The molecule has 1 aliphatic heterocycles. The molecule has 124 valence electrons. The summed E-state index contributed by atoms with van der Waals surface area (Å²) < 4.78 is 5.73. The zero-order valence-corrected chi connectivity index (χ0v) is 13.8. The molecule has 21 heavy (non-hydrogen) atoms. The van der Waals surface area contributed by atoms with Crippen molar-refractivity contribution >= 4 is 5.97 Å². The van der Waals surface area contributed by atoms with Crippen LogP contribution in [0.2, 0.25) is 0 Å². The molecule has 2 atom stereocenters. The first-order chi connectivity index (χ1) is 10.2. The Morgan fingerprint density at radius 3 is 1.81 bits per heavy atom. The van der Waals surface area contributed by atoms with E-state index in [0.717, 1.165) is 12.8 Å². The Labute approximate surface area is 130 Å².